The van der Waals surface area contributed by atoms with Gasteiger partial charge in [-0.25, -0.2) is 9.59 Å². The molecule has 0 saturated carbocycles. The fourth-order valence-electron chi connectivity index (χ4n) is 2.44. The minimum Gasteiger partial charge on any atom is -0.497 e. The SMILES string of the molecule is CCOC(=O)c1cc(C(=O)OC(C)C(=O)c2ccc(OC)cc2)cc([N+](=O)[O-])c1. The highest BCUT2D eigenvalue weighted by molar-refractivity contribution is 6.02. The van der Waals surface area contributed by atoms with Crippen LogP contribution >= 0.6 is 0 Å². The third kappa shape index (κ3) is 5.38. The molecule has 2 aromatic rings. The molecule has 0 aliphatic carbocycles. The Hall–Kier alpha value is -3.75. The number of nitro benzene ring substituents is 1. The van der Waals surface area contributed by atoms with Gasteiger partial charge in [-0.15, -0.1) is 0 Å². The van der Waals surface area contributed by atoms with Crippen LogP contribution in [0, 0.1) is 10.1 Å². The second kappa shape index (κ2) is 9.45. The van der Waals surface area contributed by atoms with Crippen molar-refractivity contribution in [1.29, 1.82) is 0 Å². The van der Waals surface area contributed by atoms with Gasteiger partial charge in [-0.2, -0.15) is 0 Å². The Morgan fingerprint density at radius 2 is 1.59 bits per heavy atom. The van der Waals surface area contributed by atoms with Gasteiger partial charge in [0.25, 0.3) is 5.69 Å². The van der Waals surface area contributed by atoms with Crippen LogP contribution in [0.5, 0.6) is 5.75 Å². The van der Waals surface area contributed by atoms with Crippen LogP contribution < -0.4 is 4.74 Å². The van der Waals surface area contributed by atoms with E-state index in [2.05, 4.69) is 0 Å². The maximum atomic E-state index is 12.4. The molecule has 0 bridgehead atoms. The molecule has 9 heteroatoms. The Balaban J connectivity index is 2.22. The fraction of sp³-hybridized carbons (Fsp3) is 0.250. The Morgan fingerprint density at radius 1 is 1.00 bits per heavy atom. The molecule has 2 aromatic carbocycles. The summed E-state index contributed by atoms with van der Waals surface area (Å²) in [7, 11) is 1.49. The number of hydrogen-bond donors (Lipinski definition) is 0. The van der Waals surface area contributed by atoms with Crippen molar-refractivity contribution in [3.05, 3.63) is 69.3 Å². The second-order valence-electron chi connectivity index (χ2n) is 5.89. The number of nitro groups is 1. The van der Waals surface area contributed by atoms with Gasteiger partial charge in [0.1, 0.15) is 5.75 Å². The van der Waals surface area contributed by atoms with Crippen molar-refractivity contribution >= 4 is 23.4 Å². The van der Waals surface area contributed by atoms with Crippen molar-refractivity contribution in [2.24, 2.45) is 0 Å². The lowest BCUT2D eigenvalue weighted by Gasteiger charge is -2.13. The number of benzene rings is 2. The first-order valence-corrected chi connectivity index (χ1v) is 8.62. The van der Waals surface area contributed by atoms with Gasteiger partial charge in [0.05, 0.1) is 29.8 Å². The van der Waals surface area contributed by atoms with Crippen molar-refractivity contribution in [3.63, 3.8) is 0 Å². The highest BCUT2D eigenvalue weighted by Crippen LogP contribution is 2.20. The van der Waals surface area contributed by atoms with Gasteiger partial charge in [-0.1, -0.05) is 0 Å². The summed E-state index contributed by atoms with van der Waals surface area (Å²) in [5.41, 5.74) is -0.576. The first-order valence-electron chi connectivity index (χ1n) is 8.62. The van der Waals surface area contributed by atoms with Crippen molar-refractivity contribution in [3.8, 4) is 5.75 Å². The molecule has 0 heterocycles. The van der Waals surface area contributed by atoms with Crippen molar-refractivity contribution in [2.45, 2.75) is 20.0 Å². The zero-order valence-corrected chi connectivity index (χ0v) is 16.0. The number of ether oxygens (including phenoxy) is 3. The Kier molecular flexibility index (Phi) is 7.02. The highest BCUT2D eigenvalue weighted by Gasteiger charge is 2.24. The van der Waals surface area contributed by atoms with Crippen LogP contribution in [0.3, 0.4) is 0 Å². The van der Waals surface area contributed by atoms with Gasteiger partial charge in [0.15, 0.2) is 6.10 Å². The topological polar surface area (TPSA) is 122 Å². The summed E-state index contributed by atoms with van der Waals surface area (Å²) in [6, 6.07) is 9.32. The standard InChI is InChI=1S/C20H19NO8/c1-4-28-19(23)14-9-15(11-16(10-14)21(25)26)20(24)29-12(2)18(22)13-5-7-17(27-3)8-6-13/h5-12H,4H2,1-3H3. The molecule has 0 radical (unpaired) electrons. The molecule has 0 saturated heterocycles. The molecule has 1 atom stereocenters. The molecule has 152 valence electrons. The number of methoxy groups -OCH3 is 1. The summed E-state index contributed by atoms with van der Waals surface area (Å²) in [4.78, 5) is 47.1. The lowest BCUT2D eigenvalue weighted by Crippen LogP contribution is -2.24. The maximum Gasteiger partial charge on any atom is 0.339 e. The number of Topliss-reactive ketones (excluding diaryl/α,β-unsaturated/α-hetero) is 1. The van der Waals surface area contributed by atoms with E-state index in [0.717, 1.165) is 18.2 Å². The minimum absolute atomic E-state index is 0.0642. The number of carbonyl (C=O) groups excluding carboxylic acids is 3. The highest BCUT2D eigenvalue weighted by atomic mass is 16.6. The van der Waals surface area contributed by atoms with Crippen LogP contribution in [0.15, 0.2) is 42.5 Å². The third-order valence-corrected chi connectivity index (χ3v) is 3.90. The van der Waals surface area contributed by atoms with Gasteiger partial charge >= 0.3 is 11.9 Å². The van der Waals surface area contributed by atoms with Crippen LogP contribution in [-0.2, 0) is 9.47 Å². The van der Waals surface area contributed by atoms with E-state index in [1.54, 1.807) is 19.1 Å². The zero-order valence-electron chi connectivity index (χ0n) is 16.0. The number of esters is 2. The molecule has 0 aliphatic heterocycles. The van der Waals surface area contributed by atoms with Gasteiger partial charge in [-0.05, 0) is 44.2 Å². The van der Waals surface area contributed by atoms with Crippen LogP contribution in [0.2, 0.25) is 0 Å². The molecular weight excluding hydrogens is 382 g/mol. The largest absolute Gasteiger partial charge is 0.497 e. The number of rotatable bonds is 8. The van der Waals surface area contributed by atoms with Crippen LogP contribution in [0.25, 0.3) is 0 Å². The van der Waals surface area contributed by atoms with Crippen molar-refractivity contribution in [2.75, 3.05) is 13.7 Å². The summed E-state index contributed by atoms with van der Waals surface area (Å²) >= 11 is 0. The molecule has 0 amide bonds. The lowest BCUT2D eigenvalue weighted by molar-refractivity contribution is -0.384. The monoisotopic (exact) mass is 401 g/mol. The first kappa shape index (κ1) is 21.5. The van der Waals surface area contributed by atoms with Gasteiger partial charge in [-0.3, -0.25) is 14.9 Å². The van der Waals surface area contributed by atoms with Crippen LogP contribution in [0.4, 0.5) is 5.69 Å². The predicted octanol–water partition coefficient (Wildman–Crippen LogP) is 3.21. The number of ketones is 1. The molecular formula is C20H19NO8. The molecule has 0 aliphatic rings. The number of hydrogen-bond acceptors (Lipinski definition) is 8. The average Bonchev–Trinajstić information content (AvgIpc) is 2.72. The molecule has 2 rings (SSSR count). The third-order valence-electron chi connectivity index (χ3n) is 3.90. The van der Waals surface area contributed by atoms with E-state index in [-0.39, 0.29) is 17.7 Å². The summed E-state index contributed by atoms with van der Waals surface area (Å²) in [6.07, 6.45) is -1.15. The molecule has 0 N–H and O–H groups in total. The summed E-state index contributed by atoms with van der Waals surface area (Å²) in [5.74, 6) is -1.69. The molecule has 29 heavy (non-hydrogen) atoms. The van der Waals surface area contributed by atoms with E-state index in [1.807, 2.05) is 0 Å². The quantitative estimate of drug-likeness (QED) is 0.286. The average molecular weight is 401 g/mol. The number of nitrogens with zero attached hydrogens (tertiary/aromatic N) is 1. The van der Waals surface area contributed by atoms with E-state index < -0.39 is 34.4 Å². The first-order chi connectivity index (χ1) is 13.8. The van der Waals surface area contributed by atoms with Crippen molar-refractivity contribution in [1.82, 2.24) is 0 Å². The maximum absolute atomic E-state index is 12.4. The smallest absolute Gasteiger partial charge is 0.339 e. The van der Waals surface area contributed by atoms with E-state index >= 15 is 0 Å². The zero-order chi connectivity index (χ0) is 21.6. The second-order valence-corrected chi connectivity index (χ2v) is 5.89. The molecule has 0 fully saturated rings. The molecule has 1 unspecified atom stereocenters. The van der Waals surface area contributed by atoms with E-state index in [0.29, 0.717) is 11.3 Å². The van der Waals surface area contributed by atoms with Crippen LogP contribution in [-0.4, -0.2) is 42.5 Å². The predicted molar refractivity (Wildman–Crippen MR) is 101 cm³/mol. The van der Waals surface area contributed by atoms with Crippen LogP contribution in [0.1, 0.15) is 44.9 Å². The minimum atomic E-state index is -1.15. The van der Waals surface area contributed by atoms with E-state index in [9.17, 15) is 24.5 Å². The van der Waals surface area contributed by atoms with Gasteiger partial charge < -0.3 is 14.2 Å². The Morgan fingerprint density at radius 3 is 2.10 bits per heavy atom. The Labute approximate surface area is 166 Å². The molecule has 9 nitrogen and oxygen atoms in total. The Bertz CT molecular complexity index is 936. The van der Waals surface area contributed by atoms with Crippen molar-refractivity contribution < 1.29 is 33.5 Å². The van der Waals surface area contributed by atoms with E-state index in [4.69, 9.17) is 14.2 Å². The number of non-ortho nitro benzene ring substituents is 1. The van der Waals surface area contributed by atoms with E-state index in [1.165, 1.54) is 26.2 Å². The summed E-state index contributed by atoms with van der Waals surface area (Å²) in [5, 5.41) is 11.1. The summed E-state index contributed by atoms with van der Waals surface area (Å²) in [6.45, 7) is 3.03. The van der Waals surface area contributed by atoms with Gasteiger partial charge in [0, 0.05) is 17.7 Å². The number of carbonyl (C=O) groups is 3. The van der Waals surface area contributed by atoms with Gasteiger partial charge in [0.2, 0.25) is 5.78 Å². The summed E-state index contributed by atoms with van der Waals surface area (Å²) < 4.78 is 15.0. The normalized spacial score (nSPS) is 11.3. The molecule has 0 aromatic heterocycles. The molecule has 0 spiro atoms. The fourth-order valence-corrected chi connectivity index (χ4v) is 2.44. The lowest BCUT2D eigenvalue weighted by atomic mass is 10.1.